The monoisotopic (exact) mass is 384 g/mol. The molecule has 0 bridgehead atoms. The lowest BCUT2D eigenvalue weighted by molar-refractivity contribution is -0.117. The van der Waals surface area contributed by atoms with Crippen molar-refractivity contribution in [3.8, 4) is 11.5 Å². The molecule has 1 atom stereocenters. The van der Waals surface area contributed by atoms with Gasteiger partial charge in [-0.1, -0.05) is 25.1 Å². The summed E-state index contributed by atoms with van der Waals surface area (Å²) in [7, 11) is 0. The molecular weight excluding hydrogens is 364 g/mol. The summed E-state index contributed by atoms with van der Waals surface area (Å²) >= 11 is 1.14. The zero-order valence-corrected chi connectivity index (χ0v) is 15.7. The smallest absolute Gasteiger partial charge is 0.238 e. The van der Waals surface area contributed by atoms with Crippen LogP contribution in [0.3, 0.4) is 0 Å². The predicted molar refractivity (Wildman–Crippen MR) is 105 cm³/mol. The van der Waals surface area contributed by atoms with Gasteiger partial charge >= 0.3 is 0 Å². The molecule has 0 fully saturated rings. The van der Waals surface area contributed by atoms with E-state index in [-0.39, 0.29) is 18.6 Å². The summed E-state index contributed by atoms with van der Waals surface area (Å²) in [5.41, 5.74) is 2.20. The molecule has 0 radical (unpaired) electrons. The van der Waals surface area contributed by atoms with Gasteiger partial charge in [-0.15, -0.1) is 0 Å². The fourth-order valence-corrected chi connectivity index (χ4v) is 3.60. The molecule has 27 heavy (non-hydrogen) atoms. The SMILES string of the molecule is CCN(CC(=O)Nc1cccc2nsnc12)CC1COc2ccccc2O1. The molecule has 4 rings (SSSR count). The van der Waals surface area contributed by atoms with E-state index in [0.717, 1.165) is 40.8 Å². The first-order valence-corrected chi connectivity index (χ1v) is 9.58. The molecule has 2 heterocycles. The van der Waals surface area contributed by atoms with Crippen LogP contribution in [0.25, 0.3) is 11.0 Å². The Balaban J connectivity index is 1.36. The van der Waals surface area contributed by atoms with E-state index >= 15 is 0 Å². The van der Waals surface area contributed by atoms with Crippen LogP contribution in [0.15, 0.2) is 42.5 Å². The molecule has 0 spiro atoms. The number of anilines is 1. The molecule has 1 unspecified atom stereocenters. The minimum Gasteiger partial charge on any atom is -0.486 e. The Labute approximate surface area is 161 Å². The standard InChI is InChI=1S/C19H20N4O3S/c1-2-23(10-13-12-25-16-8-3-4-9-17(16)26-13)11-18(24)20-14-6-5-7-15-19(14)22-27-21-15/h3-9,13H,2,10-12H2,1H3,(H,20,24). The lowest BCUT2D eigenvalue weighted by Gasteiger charge is -2.30. The van der Waals surface area contributed by atoms with Gasteiger partial charge in [-0.2, -0.15) is 8.75 Å². The Morgan fingerprint density at radius 1 is 1.22 bits per heavy atom. The second-order valence-electron chi connectivity index (χ2n) is 6.31. The highest BCUT2D eigenvalue weighted by Crippen LogP contribution is 2.31. The highest BCUT2D eigenvalue weighted by molar-refractivity contribution is 7.00. The number of carbonyl (C=O) groups excluding carboxylic acids is 1. The number of likely N-dealkylation sites (N-methyl/N-ethyl adjacent to an activating group) is 1. The van der Waals surface area contributed by atoms with Gasteiger partial charge in [0.25, 0.3) is 0 Å². The van der Waals surface area contributed by atoms with Gasteiger partial charge in [0.05, 0.1) is 24.0 Å². The molecule has 0 saturated heterocycles. The number of benzene rings is 2. The Kier molecular flexibility index (Phi) is 5.17. The van der Waals surface area contributed by atoms with Gasteiger partial charge < -0.3 is 14.8 Å². The van der Waals surface area contributed by atoms with Crippen LogP contribution < -0.4 is 14.8 Å². The largest absolute Gasteiger partial charge is 0.486 e. The number of fused-ring (bicyclic) bond motifs is 2. The van der Waals surface area contributed by atoms with Crippen LogP contribution in [-0.4, -0.2) is 51.9 Å². The summed E-state index contributed by atoms with van der Waals surface area (Å²) in [6.45, 7) is 4.11. The summed E-state index contributed by atoms with van der Waals surface area (Å²) in [5, 5.41) is 2.94. The molecule has 2 aromatic carbocycles. The lowest BCUT2D eigenvalue weighted by atomic mass is 10.2. The Morgan fingerprint density at radius 3 is 2.93 bits per heavy atom. The molecule has 0 aliphatic carbocycles. The van der Waals surface area contributed by atoms with E-state index in [9.17, 15) is 4.79 Å². The third-order valence-electron chi connectivity index (χ3n) is 4.40. The number of carbonyl (C=O) groups is 1. The van der Waals surface area contributed by atoms with Crippen LogP contribution in [0.5, 0.6) is 11.5 Å². The molecule has 1 N–H and O–H groups in total. The number of rotatable bonds is 6. The number of ether oxygens (including phenoxy) is 2. The van der Waals surface area contributed by atoms with E-state index in [1.54, 1.807) is 0 Å². The van der Waals surface area contributed by atoms with E-state index in [1.165, 1.54) is 0 Å². The second-order valence-corrected chi connectivity index (χ2v) is 6.84. The van der Waals surface area contributed by atoms with Gasteiger partial charge in [0.1, 0.15) is 23.7 Å². The van der Waals surface area contributed by atoms with Crippen LogP contribution in [0.2, 0.25) is 0 Å². The highest BCUT2D eigenvalue weighted by Gasteiger charge is 2.23. The molecule has 3 aromatic rings. The average Bonchev–Trinajstić information content (AvgIpc) is 3.17. The van der Waals surface area contributed by atoms with Gasteiger partial charge in [0, 0.05) is 6.54 Å². The summed E-state index contributed by atoms with van der Waals surface area (Å²) < 4.78 is 20.2. The van der Waals surface area contributed by atoms with E-state index < -0.39 is 0 Å². The van der Waals surface area contributed by atoms with Crippen molar-refractivity contribution in [2.24, 2.45) is 0 Å². The summed E-state index contributed by atoms with van der Waals surface area (Å²) in [6, 6.07) is 13.2. The van der Waals surface area contributed by atoms with Gasteiger partial charge in [-0.25, -0.2) is 0 Å². The van der Waals surface area contributed by atoms with Crippen LogP contribution >= 0.6 is 11.7 Å². The summed E-state index contributed by atoms with van der Waals surface area (Å²) in [6.07, 6.45) is -0.112. The Bertz CT molecular complexity index is 945. The van der Waals surface area contributed by atoms with Crippen LogP contribution in [0.4, 0.5) is 5.69 Å². The Morgan fingerprint density at radius 2 is 2.07 bits per heavy atom. The number of nitrogens with zero attached hydrogens (tertiary/aromatic N) is 3. The minimum atomic E-state index is -0.112. The Hall–Kier alpha value is -2.71. The highest BCUT2D eigenvalue weighted by atomic mass is 32.1. The maximum absolute atomic E-state index is 12.5. The van der Waals surface area contributed by atoms with Crippen molar-refractivity contribution in [3.63, 3.8) is 0 Å². The fraction of sp³-hybridized carbons (Fsp3) is 0.316. The molecular formula is C19H20N4O3S. The van der Waals surface area contributed by atoms with Crippen molar-refractivity contribution < 1.29 is 14.3 Å². The molecule has 1 aromatic heterocycles. The van der Waals surface area contributed by atoms with Crippen molar-refractivity contribution in [1.29, 1.82) is 0 Å². The first kappa shape index (κ1) is 17.7. The van der Waals surface area contributed by atoms with E-state index in [4.69, 9.17) is 9.47 Å². The number of amides is 1. The molecule has 140 valence electrons. The number of para-hydroxylation sites is 2. The third-order valence-corrected chi connectivity index (χ3v) is 4.95. The van der Waals surface area contributed by atoms with Crippen LogP contribution in [0.1, 0.15) is 6.92 Å². The van der Waals surface area contributed by atoms with Crippen molar-refractivity contribution >= 4 is 34.4 Å². The summed E-state index contributed by atoms with van der Waals surface area (Å²) in [5.74, 6) is 1.42. The molecule has 8 heteroatoms. The first-order chi connectivity index (χ1) is 13.2. The molecule has 1 amide bonds. The van der Waals surface area contributed by atoms with Crippen molar-refractivity contribution in [3.05, 3.63) is 42.5 Å². The van der Waals surface area contributed by atoms with Gasteiger partial charge in [0.2, 0.25) is 5.91 Å². The number of hydrogen-bond acceptors (Lipinski definition) is 7. The van der Waals surface area contributed by atoms with Gasteiger partial charge in [0.15, 0.2) is 11.5 Å². The number of hydrogen-bond donors (Lipinski definition) is 1. The molecule has 0 saturated carbocycles. The number of nitrogens with one attached hydrogen (secondary N) is 1. The predicted octanol–water partition coefficient (Wildman–Crippen LogP) is 2.79. The third kappa shape index (κ3) is 4.01. The quantitative estimate of drug-likeness (QED) is 0.704. The zero-order chi connectivity index (χ0) is 18.6. The normalized spacial score (nSPS) is 15.9. The van der Waals surface area contributed by atoms with Crippen molar-refractivity contribution in [1.82, 2.24) is 13.6 Å². The minimum absolute atomic E-state index is 0.0884. The van der Waals surface area contributed by atoms with Crippen LogP contribution in [-0.2, 0) is 4.79 Å². The fourth-order valence-electron chi connectivity index (χ4n) is 3.05. The molecule has 1 aliphatic heterocycles. The topological polar surface area (TPSA) is 76.6 Å². The van der Waals surface area contributed by atoms with Gasteiger partial charge in [-0.3, -0.25) is 9.69 Å². The zero-order valence-electron chi connectivity index (χ0n) is 14.9. The van der Waals surface area contributed by atoms with Crippen LogP contribution in [0, 0.1) is 0 Å². The molecule has 1 aliphatic rings. The van der Waals surface area contributed by atoms with E-state index in [2.05, 4.69) is 14.1 Å². The maximum atomic E-state index is 12.5. The van der Waals surface area contributed by atoms with E-state index in [0.29, 0.717) is 18.8 Å². The average molecular weight is 384 g/mol. The number of aromatic nitrogens is 2. The first-order valence-electron chi connectivity index (χ1n) is 8.85. The van der Waals surface area contributed by atoms with Crippen molar-refractivity contribution in [2.75, 3.05) is 31.6 Å². The van der Waals surface area contributed by atoms with E-state index in [1.807, 2.05) is 54.3 Å². The molecule has 7 nitrogen and oxygen atoms in total. The van der Waals surface area contributed by atoms with Gasteiger partial charge in [-0.05, 0) is 30.8 Å². The summed E-state index contributed by atoms with van der Waals surface area (Å²) in [4.78, 5) is 14.6. The van der Waals surface area contributed by atoms with Crippen molar-refractivity contribution in [2.45, 2.75) is 13.0 Å². The second kappa shape index (κ2) is 7.89. The maximum Gasteiger partial charge on any atom is 0.238 e. The lowest BCUT2D eigenvalue weighted by Crippen LogP contribution is -2.43.